The predicted octanol–water partition coefficient (Wildman–Crippen LogP) is 4.78. The molecule has 6 heteroatoms. The van der Waals surface area contributed by atoms with Crippen molar-refractivity contribution in [1.29, 1.82) is 0 Å². The van der Waals surface area contributed by atoms with Gasteiger partial charge in [0, 0.05) is 10.9 Å². The molecule has 0 aliphatic carbocycles. The van der Waals surface area contributed by atoms with Gasteiger partial charge in [-0.25, -0.2) is 9.78 Å². The van der Waals surface area contributed by atoms with Gasteiger partial charge >= 0.3 is 5.97 Å². The minimum atomic E-state index is -0.492. The zero-order valence-corrected chi connectivity index (χ0v) is 14.1. The topological polar surface area (TPSA) is 61.6 Å². The summed E-state index contributed by atoms with van der Waals surface area (Å²) >= 11 is 1.37. The molecule has 2 heterocycles. The summed E-state index contributed by atoms with van der Waals surface area (Å²) in [6.45, 7) is 0. The van der Waals surface area contributed by atoms with E-state index in [4.69, 9.17) is 13.9 Å². The summed E-state index contributed by atoms with van der Waals surface area (Å²) in [5, 5.41) is 4.36. The fraction of sp³-hybridized carbons (Fsp3) is 0.0526. The second-order valence-electron chi connectivity index (χ2n) is 5.31. The monoisotopic (exact) mass is 351 g/mol. The number of esters is 1. The number of carbonyl (C=O) groups excluding carboxylic acids is 1. The molecule has 0 aliphatic heterocycles. The van der Waals surface area contributed by atoms with Crippen molar-refractivity contribution in [3.63, 3.8) is 0 Å². The first-order valence-corrected chi connectivity index (χ1v) is 8.39. The molecule has 0 N–H and O–H groups in total. The van der Waals surface area contributed by atoms with E-state index in [1.807, 2.05) is 24.3 Å². The van der Waals surface area contributed by atoms with Gasteiger partial charge in [0.25, 0.3) is 0 Å². The van der Waals surface area contributed by atoms with E-state index in [-0.39, 0.29) is 5.69 Å². The number of nitrogens with zero attached hydrogens (tertiary/aromatic N) is 1. The Kier molecular flexibility index (Phi) is 3.95. The number of hydrogen-bond donors (Lipinski definition) is 0. The van der Waals surface area contributed by atoms with Crippen LogP contribution < -0.4 is 9.47 Å². The molecule has 0 fully saturated rings. The molecule has 0 amide bonds. The molecule has 25 heavy (non-hydrogen) atoms. The largest absolute Gasteiger partial charge is 0.497 e. The second-order valence-corrected chi connectivity index (χ2v) is 6.17. The molecule has 5 nitrogen and oxygen atoms in total. The number of benzene rings is 2. The highest BCUT2D eigenvalue weighted by atomic mass is 32.1. The number of rotatable bonds is 4. The maximum absolute atomic E-state index is 12.3. The molecule has 2 aromatic carbocycles. The SMILES string of the molecule is COc1ccc2ccc(OC(=O)c3csc(-c4ccoc4)n3)cc2c1. The lowest BCUT2D eigenvalue weighted by Crippen LogP contribution is -2.08. The van der Waals surface area contributed by atoms with Gasteiger partial charge in [0.2, 0.25) is 0 Å². The molecule has 0 unspecified atom stereocenters. The van der Waals surface area contributed by atoms with E-state index >= 15 is 0 Å². The smallest absolute Gasteiger partial charge is 0.363 e. The van der Waals surface area contributed by atoms with Crippen LogP contribution in [-0.2, 0) is 0 Å². The van der Waals surface area contributed by atoms with Crippen LogP contribution in [0.1, 0.15) is 10.5 Å². The number of hydrogen-bond acceptors (Lipinski definition) is 6. The van der Waals surface area contributed by atoms with Crippen LogP contribution in [0.5, 0.6) is 11.5 Å². The van der Waals surface area contributed by atoms with Gasteiger partial charge < -0.3 is 13.9 Å². The van der Waals surface area contributed by atoms with Crippen LogP contribution in [0.3, 0.4) is 0 Å². The van der Waals surface area contributed by atoms with E-state index in [2.05, 4.69) is 4.98 Å². The number of thiazole rings is 1. The molecule has 4 aromatic rings. The minimum absolute atomic E-state index is 0.270. The van der Waals surface area contributed by atoms with Crippen LogP contribution in [0, 0.1) is 0 Å². The summed E-state index contributed by atoms with van der Waals surface area (Å²) in [6, 6.07) is 13.0. The van der Waals surface area contributed by atoms with E-state index in [1.54, 1.807) is 43.2 Å². The number of ether oxygens (including phenoxy) is 2. The highest BCUT2D eigenvalue weighted by Crippen LogP contribution is 2.27. The molecule has 0 saturated heterocycles. The van der Waals surface area contributed by atoms with Crippen molar-refractivity contribution in [2.75, 3.05) is 7.11 Å². The number of methoxy groups -OCH3 is 1. The number of fused-ring (bicyclic) bond motifs is 1. The molecule has 2 aromatic heterocycles. The quantitative estimate of drug-likeness (QED) is 0.391. The van der Waals surface area contributed by atoms with E-state index in [1.165, 1.54) is 11.3 Å². The van der Waals surface area contributed by atoms with Crippen molar-refractivity contribution in [3.8, 4) is 22.1 Å². The first-order chi connectivity index (χ1) is 12.2. The lowest BCUT2D eigenvalue weighted by Gasteiger charge is -2.06. The van der Waals surface area contributed by atoms with Crippen molar-refractivity contribution in [1.82, 2.24) is 4.98 Å². The third kappa shape index (κ3) is 3.12. The molecular weight excluding hydrogens is 338 g/mol. The fourth-order valence-electron chi connectivity index (χ4n) is 2.44. The maximum atomic E-state index is 12.3. The van der Waals surface area contributed by atoms with E-state index < -0.39 is 5.97 Å². The summed E-state index contributed by atoms with van der Waals surface area (Å²) in [6.07, 6.45) is 3.16. The Hall–Kier alpha value is -3.12. The second kappa shape index (κ2) is 6.41. The Balaban J connectivity index is 1.57. The third-order valence-corrected chi connectivity index (χ3v) is 4.60. The minimum Gasteiger partial charge on any atom is -0.497 e. The molecule has 124 valence electrons. The Morgan fingerprint density at radius 2 is 1.88 bits per heavy atom. The van der Waals surface area contributed by atoms with E-state index in [0.29, 0.717) is 10.8 Å². The Bertz CT molecular complexity index is 1040. The van der Waals surface area contributed by atoms with Gasteiger partial charge in [0.05, 0.1) is 13.4 Å². The van der Waals surface area contributed by atoms with Gasteiger partial charge in [0.1, 0.15) is 22.8 Å². The van der Waals surface area contributed by atoms with Gasteiger partial charge in [-0.05, 0) is 41.1 Å². The van der Waals surface area contributed by atoms with Crippen LogP contribution in [0.4, 0.5) is 0 Å². The molecule has 0 saturated carbocycles. The van der Waals surface area contributed by atoms with Gasteiger partial charge in [-0.2, -0.15) is 0 Å². The number of furan rings is 1. The summed E-state index contributed by atoms with van der Waals surface area (Å²) in [7, 11) is 1.62. The molecule has 0 atom stereocenters. The molecule has 0 spiro atoms. The van der Waals surface area contributed by atoms with Crippen molar-refractivity contribution in [2.24, 2.45) is 0 Å². The highest BCUT2D eigenvalue weighted by Gasteiger charge is 2.15. The lowest BCUT2D eigenvalue weighted by molar-refractivity contribution is 0.0730. The predicted molar refractivity (Wildman–Crippen MR) is 95.3 cm³/mol. The Morgan fingerprint density at radius 1 is 1.08 bits per heavy atom. The van der Waals surface area contributed by atoms with Gasteiger partial charge in [-0.1, -0.05) is 12.1 Å². The van der Waals surface area contributed by atoms with Crippen LogP contribution in [-0.4, -0.2) is 18.1 Å². The Labute approximate surface area is 147 Å². The first kappa shape index (κ1) is 15.4. The summed E-state index contributed by atoms with van der Waals surface area (Å²) in [5.74, 6) is 0.720. The van der Waals surface area contributed by atoms with Crippen LogP contribution >= 0.6 is 11.3 Å². The average molecular weight is 351 g/mol. The van der Waals surface area contributed by atoms with Crippen molar-refractivity contribution in [3.05, 3.63) is 66.1 Å². The molecular formula is C19H13NO4S. The van der Waals surface area contributed by atoms with Crippen molar-refractivity contribution in [2.45, 2.75) is 0 Å². The zero-order valence-electron chi connectivity index (χ0n) is 13.3. The van der Waals surface area contributed by atoms with Crippen LogP contribution in [0.2, 0.25) is 0 Å². The summed E-state index contributed by atoms with van der Waals surface area (Å²) < 4.78 is 15.7. The molecule has 0 aliphatic rings. The van der Waals surface area contributed by atoms with Gasteiger partial charge in [-0.15, -0.1) is 11.3 Å². The van der Waals surface area contributed by atoms with Crippen LogP contribution in [0.25, 0.3) is 21.3 Å². The molecule has 4 rings (SSSR count). The first-order valence-electron chi connectivity index (χ1n) is 7.51. The standard InChI is InChI=1S/C19H13NO4S/c1-22-15-4-2-12-3-5-16(9-14(12)8-15)24-19(21)17-11-25-18(20-17)13-6-7-23-10-13/h2-11H,1H3. The van der Waals surface area contributed by atoms with Gasteiger partial charge in [0.15, 0.2) is 5.69 Å². The normalized spacial score (nSPS) is 10.8. The van der Waals surface area contributed by atoms with E-state index in [0.717, 1.165) is 22.1 Å². The molecule has 0 radical (unpaired) electrons. The summed E-state index contributed by atoms with van der Waals surface area (Å²) in [5.41, 5.74) is 1.11. The zero-order chi connectivity index (χ0) is 17.2. The van der Waals surface area contributed by atoms with Crippen LogP contribution in [0.15, 0.2) is 64.8 Å². The Morgan fingerprint density at radius 3 is 2.64 bits per heavy atom. The number of carbonyl (C=O) groups is 1. The maximum Gasteiger partial charge on any atom is 0.363 e. The van der Waals surface area contributed by atoms with E-state index in [9.17, 15) is 4.79 Å². The lowest BCUT2D eigenvalue weighted by atomic mass is 10.1. The third-order valence-electron chi connectivity index (χ3n) is 3.71. The van der Waals surface area contributed by atoms with Crippen molar-refractivity contribution >= 4 is 28.1 Å². The average Bonchev–Trinajstić information content (AvgIpc) is 3.32. The van der Waals surface area contributed by atoms with Crippen molar-refractivity contribution < 1.29 is 18.7 Å². The molecule has 0 bridgehead atoms. The fourth-order valence-corrected chi connectivity index (χ4v) is 3.21. The summed E-state index contributed by atoms with van der Waals surface area (Å²) in [4.78, 5) is 16.6. The highest BCUT2D eigenvalue weighted by molar-refractivity contribution is 7.13. The van der Waals surface area contributed by atoms with Gasteiger partial charge in [-0.3, -0.25) is 0 Å². The number of aromatic nitrogens is 1.